The van der Waals surface area contributed by atoms with Gasteiger partial charge >= 0.3 is 0 Å². The van der Waals surface area contributed by atoms with Crippen molar-refractivity contribution in [1.82, 2.24) is 53.9 Å². The Morgan fingerprint density at radius 3 is 0.632 bits per heavy atom. The second-order valence-corrected chi connectivity index (χ2v) is 18.3. The van der Waals surface area contributed by atoms with E-state index in [2.05, 4.69) is 0 Å². The van der Waals surface area contributed by atoms with Crippen molar-refractivity contribution in [3.8, 4) is 0 Å². The predicted molar refractivity (Wildman–Crippen MR) is 256 cm³/mol. The molecule has 0 rings (SSSR count). The number of rotatable bonds is 22. The molecule has 0 saturated heterocycles. The van der Waals surface area contributed by atoms with Crippen LogP contribution < -0.4 is 0 Å². The van der Waals surface area contributed by atoms with Crippen LogP contribution in [-0.4, -0.2) is 264 Å². The van der Waals surface area contributed by atoms with Gasteiger partial charge in [-0.3, -0.25) is 52.7 Å². The Morgan fingerprint density at radius 2 is 0.456 bits per heavy atom. The maximum Gasteiger partial charge on any atom is 0.245 e. The number of likely N-dealkylation sites (N-methyl/N-ethyl adjacent to an activating group) is 10. The Hall–Kier alpha value is -5.83. The van der Waals surface area contributed by atoms with Gasteiger partial charge in [0.2, 0.25) is 65.0 Å². The lowest BCUT2D eigenvalue weighted by atomic mass is 10.1. The van der Waals surface area contributed by atoms with Gasteiger partial charge in [0.1, 0.15) is 54.4 Å². The second kappa shape index (κ2) is 26.1. The molecule has 0 N–H and O–H groups in total. The molecule has 0 bridgehead atoms. The molecule has 0 saturated carbocycles. The van der Waals surface area contributed by atoms with Crippen LogP contribution in [-0.2, 0) is 52.7 Å². The van der Waals surface area contributed by atoms with E-state index in [1.807, 2.05) is 6.92 Å². The highest BCUT2D eigenvalue weighted by Gasteiger charge is 2.40. The lowest BCUT2D eigenvalue weighted by Crippen LogP contribution is -2.59. The Morgan fingerprint density at radius 1 is 0.279 bits per heavy atom. The number of nitrogens with zero attached hydrogens (tertiary/aromatic N) is 11. The molecule has 11 amide bonds. The van der Waals surface area contributed by atoms with Gasteiger partial charge in [-0.1, -0.05) is 6.92 Å². The summed E-state index contributed by atoms with van der Waals surface area (Å²) in [5, 5.41) is 0. The summed E-state index contributed by atoms with van der Waals surface area (Å²) >= 11 is 0. The van der Waals surface area contributed by atoms with Crippen molar-refractivity contribution >= 4 is 65.0 Å². The summed E-state index contributed by atoms with van der Waals surface area (Å²) in [6.45, 7) is 19.0. The first-order valence-electron chi connectivity index (χ1n) is 22.9. The molecule has 22 nitrogen and oxygen atoms in total. The third-order valence-corrected chi connectivity index (χ3v) is 13.9. The highest BCUT2D eigenvalue weighted by molar-refractivity contribution is 5.98. The average Bonchev–Trinajstić information content (AvgIpc) is 3.33. The van der Waals surface area contributed by atoms with Crippen molar-refractivity contribution in [1.29, 1.82) is 0 Å². The van der Waals surface area contributed by atoms with Gasteiger partial charge in [0, 0.05) is 97.5 Å². The topological polar surface area (TPSA) is 223 Å². The van der Waals surface area contributed by atoms with Crippen molar-refractivity contribution in [2.24, 2.45) is 5.92 Å². The molecule has 10 atom stereocenters. The van der Waals surface area contributed by atoms with E-state index >= 15 is 0 Å². The summed E-state index contributed by atoms with van der Waals surface area (Å²) < 4.78 is 0. The van der Waals surface area contributed by atoms with Crippen LogP contribution in [0.25, 0.3) is 0 Å². The first-order chi connectivity index (χ1) is 31.0. The number of hydrogen-bond donors (Lipinski definition) is 0. The van der Waals surface area contributed by atoms with Crippen molar-refractivity contribution in [3.05, 3.63) is 0 Å². The highest BCUT2D eigenvalue weighted by atomic mass is 16.2. The Kier molecular flexibility index (Phi) is 23.8. The molecule has 388 valence electrons. The molecule has 22 heteroatoms. The summed E-state index contributed by atoms with van der Waals surface area (Å²) in [7, 11) is 15.9. The van der Waals surface area contributed by atoms with Crippen LogP contribution in [0, 0.1) is 5.92 Å². The molecule has 0 aliphatic carbocycles. The summed E-state index contributed by atoms with van der Waals surface area (Å²) in [5.74, 6) is -5.88. The van der Waals surface area contributed by atoms with Crippen molar-refractivity contribution in [2.75, 3.05) is 90.6 Å². The zero-order valence-corrected chi connectivity index (χ0v) is 45.1. The first-order valence-corrected chi connectivity index (χ1v) is 22.9. The van der Waals surface area contributed by atoms with E-state index in [1.165, 1.54) is 148 Å². The van der Waals surface area contributed by atoms with Gasteiger partial charge in [0.25, 0.3) is 0 Å². The lowest BCUT2D eigenvalue weighted by molar-refractivity contribution is -0.155. The normalized spacial score (nSPS) is 15.5. The van der Waals surface area contributed by atoms with Crippen LogP contribution >= 0.6 is 0 Å². The largest absolute Gasteiger partial charge is 0.346 e. The quantitative estimate of drug-likeness (QED) is 0.131. The third-order valence-electron chi connectivity index (χ3n) is 13.9. The molecule has 0 spiro atoms. The van der Waals surface area contributed by atoms with E-state index in [9.17, 15) is 52.7 Å². The van der Waals surface area contributed by atoms with Crippen molar-refractivity contribution in [3.63, 3.8) is 0 Å². The van der Waals surface area contributed by atoms with Crippen LogP contribution in [0.3, 0.4) is 0 Å². The molecule has 0 heterocycles. The SMILES string of the molecule is CCN(C)C(=O)[C@H](C)CN(C)C(=O)[C@@H](C)N(C)C(=O)[C@@H](C)N(C)C(=O)C(C)N(C)C(=O)[C@@H](C)N(C)C(=O)[C@@H](C)N(C)C(=O)[C@@H](C)N(C)C(=O)[C@H](C)N(C)C(=O)[C@@H](C)N(C)C(=O)[C@@H](C)N(C)C(C)=O. The number of carbonyl (C=O) groups excluding carboxylic acids is 11. The molecular formula is C46H83N11O11. The van der Waals surface area contributed by atoms with E-state index in [0.29, 0.717) is 6.54 Å². The summed E-state index contributed by atoms with van der Waals surface area (Å²) in [6.07, 6.45) is 0. The van der Waals surface area contributed by atoms with E-state index in [-0.39, 0.29) is 18.4 Å². The smallest absolute Gasteiger partial charge is 0.245 e. The summed E-state index contributed by atoms with van der Waals surface area (Å²) in [5.41, 5.74) is 0. The van der Waals surface area contributed by atoms with Gasteiger partial charge in [-0.25, -0.2) is 0 Å². The molecule has 68 heavy (non-hydrogen) atoms. The molecule has 0 aliphatic rings. The van der Waals surface area contributed by atoms with Crippen molar-refractivity contribution in [2.45, 2.75) is 137 Å². The number of amides is 11. The zero-order valence-electron chi connectivity index (χ0n) is 45.1. The number of hydrogen-bond acceptors (Lipinski definition) is 11. The minimum Gasteiger partial charge on any atom is -0.346 e. The maximum absolute atomic E-state index is 13.8. The molecule has 0 aromatic rings. The maximum atomic E-state index is 13.8. The minimum absolute atomic E-state index is 0.115. The Bertz CT molecular complexity index is 1880. The molecule has 0 aliphatic heterocycles. The van der Waals surface area contributed by atoms with E-state index in [0.717, 1.165) is 19.6 Å². The van der Waals surface area contributed by atoms with Gasteiger partial charge in [-0.15, -0.1) is 0 Å². The van der Waals surface area contributed by atoms with Gasteiger partial charge in [0.15, 0.2) is 0 Å². The van der Waals surface area contributed by atoms with Crippen LogP contribution in [0.1, 0.15) is 83.1 Å². The van der Waals surface area contributed by atoms with E-state index in [4.69, 9.17) is 0 Å². The Labute approximate surface area is 404 Å². The second-order valence-electron chi connectivity index (χ2n) is 18.3. The fraction of sp³-hybridized carbons (Fsp3) is 0.761. The van der Waals surface area contributed by atoms with Crippen LogP contribution in [0.4, 0.5) is 0 Å². The Balaban J connectivity index is 5.75. The predicted octanol–water partition coefficient (Wildman–Crippen LogP) is -0.799. The molecule has 0 fully saturated rings. The van der Waals surface area contributed by atoms with Gasteiger partial charge in [-0.2, -0.15) is 0 Å². The summed E-state index contributed by atoms with van der Waals surface area (Å²) in [6, 6.07) is -9.28. The van der Waals surface area contributed by atoms with Gasteiger partial charge in [0.05, 0.1) is 5.92 Å². The fourth-order valence-corrected chi connectivity index (χ4v) is 7.08. The molecule has 1 unspecified atom stereocenters. The summed E-state index contributed by atoms with van der Waals surface area (Å²) in [4.78, 5) is 160. The zero-order chi connectivity index (χ0) is 53.9. The van der Waals surface area contributed by atoms with Crippen LogP contribution in [0.2, 0.25) is 0 Å². The van der Waals surface area contributed by atoms with E-state index < -0.39 is 113 Å². The first kappa shape index (κ1) is 62.2. The fourth-order valence-electron chi connectivity index (χ4n) is 7.08. The standard InChI is InChI=1S/C46H83N11O11/c1-24-47(13)37(59)26(2)25-48(14)38(60)27(3)50(16)40(62)29(5)52(18)42(64)31(7)54(20)44(66)33(9)56(22)46(68)35(11)57(23)45(67)34(10)55(21)43(65)32(8)53(19)41(63)30(6)51(17)39(61)28(4)49(15)36(12)58/h26-35H,24-25H2,1-23H3/t26-,27-,28-,29-,30-,31?,32+,33-,34-,35-/m1/s1. The molecule has 0 aromatic carbocycles. The molecular weight excluding hydrogens is 883 g/mol. The number of carbonyl (C=O) groups is 11. The highest BCUT2D eigenvalue weighted by Crippen LogP contribution is 2.17. The molecule has 0 radical (unpaired) electrons. The van der Waals surface area contributed by atoms with E-state index in [1.54, 1.807) is 39.8 Å². The third kappa shape index (κ3) is 14.6. The molecule has 0 aromatic heterocycles. The van der Waals surface area contributed by atoms with Crippen molar-refractivity contribution < 1.29 is 52.7 Å². The van der Waals surface area contributed by atoms with Crippen LogP contribution in [0.5, 0.6) is 0 Å². The lowest BCUT2D eigenvalue weighted by Gasteiger charge is -2.38. The van der Waals surface area contributed by atoms with Gasteiger partial charge in [-0.05, 0) is 69.2 Å². The van der Waals surface area contributed by atoms with Gasteiger partial charge < -0.3 is 53.9 Å². The average molecular weight is 966 g/mol. The van der Waals surface area contributed by atoms with Crippen LogP contribution in [0.15, 0.2) is 0 Å². The minimum atomic E-state index is -1.11. The monoisotopic (exact) mass is 966 g/mol.